The van der Waals surface area contributed by atoms with Crippen LogP contribution in [0.25, 0.3) is 0 Å². The summed E-state index contributed by atoms with van der Waals surface area (Å²) < 4.78 is 8.33. The third kappa shape index (κ3) is 3.42. The van der Waals surface area contributed by atoms with E-state index in [1.807, 2.05) is 17.8 Å². The largest absolute Gasteiger partial charge is 0.375 e. The molecule has 1 aromatic heterocycles. The number of ether oxygens (including phenoxy) is 1. The molecule has 0 aromatic carbocycles. The Morgan fingerprint density at radius 3 is 2.93 bits per heavy atom. The van der Waals surface area contributed by atoms with Crippen molar-refractivity contribution < 1.29 is 4.74 Å². The molecule has 14 heavy (non-hydrogen) atoms. The average Bonchev–Trinajstić information content (AvgIpc) is 2.53. The van der Waals surface area contributed by atoms with Crippen molar-refractivity contribution in [2.45, 2.75) is 39.8 Å². The summed E-state index contributed by atoms with van der Waals surface area (Å²) in [5.74, 6) is 0. The van der Waals surface area contributed by atoms with Crippen LogP contribution >= 0.6 is 15.9 Å². The molecule has 0 aliphatic heterocycles. The zero-order valence-corrected chi connectivity index (χ0v) is 10.4. The van der Waals surface area contributed by atoms with Gasteiger partial charge in [-0.3, -0.25) is 4.68 Å². The summed E-state index contributed by atoms with van der Waals surface area (Å²) in [4.78, 5) is 0. The van der Waals surface area contributed by atoms with Gasteiger partial charge in [0.15, 0.2) is 0 Å². The zero-order valence-electron chi connectivity index (χ0n) is 8.79. The minimum Gasteiger partial charge on any atom is -0.375 e. The smallest absolute Gasteiger partial charge is 0.102 e. The van der Waals surface area contributed by atoms with Crippen LogP contribution in [-0.2, 0) is 17.9 Å². The predicted octanol–water partition coefficient (Wildman–Crippen LogP) is 2.98. The molecular formula is C10H17BrN2O. The Morgan fingerprint density at radius 2 is 2.29 bits per heavy atom. The molecule has 4 heteroatoms. The molecule has 3 nitrogen and oxygen atoms in total. The minimum absolute atomic E-state index is 0.593. The van der Waals surface area contributed by atoms with Gasteiger partial charge in [0, 0.05) is 19.3 Å². The second-order valence-corrected chi connectivity index (χ2v) is 4.03. The Kier molecular flexibility index (Phi) is 5.19. The second-order valence-electron chi connectivity index (χ2n) is 3.18. The topological polar surface area (TPSA) is 27.1 Å². The van der Waals surface area contributed by atoms with Gasteiger partial charge in [0.1, 0.15) is 5.69 Å². The Bertz CT molecular complexity index is 273. The molecule has 80 valence electrons. The van der Waals surface area contributed by atoms with Crippen molar-refractivity contribution in [2.75, 3.05) is 6.61 Å². The van der Waals surface area contributed by atoms with Crippen molar-refractivity contribution in [3.05, 3.63) is 16.4 Å². The molecule has 1 aromatic rings. The first-order valence-electron chi connectivity index (χ1n) is 5.07. The minimum atomic E-state index is 0.593. The molecule has 0 saturated carbocycles. The lowest BCUT2D eigenvalue weighted by Gasteiger charge is -1.98. The van der Waals surface area contributed by atoms with Gasteiger partial charge in [0.25, 0.3) is 0 Å². The monoisotopic (exact) mass is 260 g/mol. The summed E-state index contributed by atoms with van der Waals surface area (Å²) >= 11 is 3.48. The van der Waals surface area contributed by atoms with Crippen LogP contribution in [0, 0.1) is 0 Å². The summed E-state index contributed by atoms with van der Waals surface area (Å²) in [6.07, 6.45) is 4.38. The second kappa shape index (κ2) is 6.19. The number of aromatic nitrogens is 2. The lowest BCUT2D eigenvalue weighted by Crippen LogP contribution is -2.00. The van der Waals surface area contributed by atoms with Crippen molar-refractivity contribution >= 4 is 15.9 Å². The van der Waals surface area contributed by atoms with Crippen LogP contribution in [0.2, 0.25) is 0 Å². The number of aryl methyl sites for hydroxylation is 1. The van der Waals surface area contributed by atoms with E-state index in [4.69, 9.17) is 4.74 Å². The molecule has 0 saturated heterocycles. The molecule has 0 fully saturated rings. The van der Waals surface area contributed by atoms with Crippen LogP contribution in [0.4, 0.5) is 0 Å². The highest BCUT2D eigenvalue weighted by atomic mass is 79.9. The summed E-state index contributed by atoms with van der Waals surface area (Å²) in [7, 11) is 0. The summed E-state index contributed by atoms with van der Waals surface area (Å²) in [5.41, 5.74) is 0.989. The molecule has 0 spiro atoms. The van der Waals surface area contributed by atoms with Gasteiger partial charge in [-0.15, -0.1) is 0 Å². The van der Waals surface area contributed by atoms with Gasteiger partial charge < -0.3 is 4.74 Å². The lowest BCUT2D eigenvalue weighted by atomic mass is 10.3. The van der Waals surface area contributed by atoms with E-state index in [9.17, 15) is 0 Å². The normalized spacial score (nSPS) is 10.8. The number of nitrogens with zero attached hydrogens (tertiary/aromatic N) is 2. The maximum Gasteiger partial charge on any atom is 0.102 e. The van der Waals surface area contributed by atoms with Crippen LogP contribution in [-0.4, -0.2) is 16.4 Å². The first-order valence-corrected chi connectivity index (χ1v) is 5.86. The number of halogens is 1. The van der Waals surface area contributed by atoms with Crippen LogP contribution in [0.15, 0.2) is 10.7 Å². The number of hydrogen-bond donors (Lipinski definition) is 0. The molecule has 0 aliphatic carbocycles. The van der Waals surface area contributed by atoms with Crippen molar-refractivity contribution in [2.24, 2.45) is 0 Å². The molecular weight excluding hydrogens is 244 g/mol. The lowest BCUT2D eigenvalue weighted by molar-refractivity contribution is 0.130. The molecule has 0 N–H and O–H groups in total. The van der Waals surface area contributed by atoms with Crippen molar-refractivity contribution in [1.82, 2.24) is 9.78 Å². The van der Waals surface area contributed by atoms with Crippen molar-refractivity contribution in [3.8, 4) is 0 Å². The zero-order chi connectivity index (χ0) is 10.4. The standard InChI is InChI=1S/C10H17BrN2O/c1-3-5-6-13-7-9(11)10(12-13)8-14-4-2/h7H,3-6,8H2,1-2H3. The van der Waals surface area contributed by atoms with E-state index in [1.54, 1.807) is 0 Å². The molecule has 0 atom stereocenters. The summed E-state index contributed by atoms with van der Waals surface area (Å²) in [6, 6.07) is 0. The highest BCUT2D eigenvalue weighted by molar-refractivity contribution is 9.10. The van der Waals surface area contributed by atoms with Crippen LogP contribution in [0.5, 0.6) is 0 Å². The maximum atomic E-state index is 5.31. The Hall–Kier alpha value is -0.350. The molecule has 1 rings (SSSR count). The highest BCUT2D eigenvalue weighted by Crippen LogP contribution is 2.16. The summed E-state index contributed by atoms with van der Waals surface area (Å²) in [6.45, 7) is 6.48. The van der Waals surface area contributed by atoms with Crippen molar-refractivity contribution in [1.29, 1.82) is 0 Å². The Balaban J connectivity index is 2.53. The van der Waals surface area contributed by atoms with Crippen LogP contribution in [0.1, 0.15) is 32.4 Å². The van der Waals surface area contributed by atoms with E-state index in [2.05, 4.69) is 28.0 Å². The van der Waals surface area contributed by atoms with Crippen LogP contribution < -0.4 is 0 Å². The van der Waals surface area contributed by atoms with Gasteiger partial charge in [-0.2, -0.15) is 5.10 Å². The third-order valence-corrected chi connectivity index (χ3v) is 2.63. The first kappa shape index (κ1) is 11.7. The SMILES string of the molecule is CCCCn1cc(Br)c(COCC)n1. The van der Waals surface area contributed by atoms with E-state index in [-0.39, 0.29) is 0 Å². The average molecular weight is 261 g/mol. The molecule has 0 amide bonds. The van der Waals surface area contributed by atoms with Crippen molar-refractivity contribution in [3.63, 3.8) is 0 Å². The Labute approximate surface area is 93.6 Å². The number of unbranched alkanes of at least 4 members (excludes halogenated alkanes) is 1. The van der Waals surface area contributed by atoms with Gasteiger partial charge >= 0.3 is 0 Å². The van der Waals surface area contributed by atoms with Gasteiger partial charge in [0.05, 0.1) is 11.1 Å². The van der Waals surface area contributed by atoms with E-state index in [0.29, 0.717) is 6.61 Å². The molecule has 0 radical (unpaired) electrons. The van der Waals surface area contributed by atoms with Crippen LogP contribution in [0.3, 0.4) is 0 Å². The van der Waals surface area contributed by atoms with E-state index < -0.39 is 0 Å². The fourth-order valence-corrected chi connectivity index (χ4v) is 1.60. The first-order chi connectivity index (χ1) is 6.77. The predicted molar refractivity (Wildman–Crippen MR) is 60.2 cm³/mol. The third-order valence-electron chi connectivity index (χ3n) is 1.97. The van der Waals surface area contributed by atoms with Gasteiger partial charge in [-0.25, -0.2) is 0 Å². The molecule has 0 bridgehead atoms. The molecule has 1 heterocycles. The molecule has 0 unspecified atom stereocenters. The van der Waals surface area contributed by atoms with E-state index >= 15 is 0 Å². The fraction of sp³-hybridized carbons (Fsp3) is 0.700. The fourth-order valence-electron chi connectivity index (χ4n) is 1.17. The number of hydrogen-bond acceptors (Lipinski definition) is 2. The van der Waals surface area contributed by atoms with Gasteiger partial charge in [-0.05, 0) is 29.3 Å². The van der Waals surface area contributed by atoms with E-state index in [1.165, 1.54) is 12.8 Å². The Morgan fingerprint density at radius 1 is 1.50 bits per heavy atom. The van der Waals surface area contributed by atoms with Gasteiger partial charge in [-0.1, -0.05) is 13.3 Å². The maximum absolute atomic E-state index is 5.31. The quantitative estimate of drug-likeness (QED) is 0.787. The number of rotatable bonds is 6. The molecule has 0 aliphatic rings. The highest BCUT2D eigenvalue weighted by Gasteiger charge is 2.05. The van der Waals surface area contributed by atoms with Gasteiger partial charge in [0.2, 0.25) is 0 Å². The summed E-state index contributed by atoms with van der Waals surface area (Å²) in [5, 5.41) is 4.43. The van der Waals surface area contributed by atoms with E-state index in [0.717, 1.165) is 23.3 Å².